The number of anilines is 1. The molecular formula is C20H21F6NO4S. The normalized spacial score (nSPS) is 12.6. The number of benzene rings is 2. The van der Waals surface area contributed by atoms with E-state index in [2.05, 4.69) is 14.2 Å². The highest BCUT2D eigenvalue weighted by Crippen LogP contribution is 2.32. The molecule has 5 nitrogen and oxygen atoms in total. The van der Waals surface area contributed by atoms with Gasteiger partial charge < -0.3 is 9.47 Å². The van der Waals surface area contributed by atoms with Crippen molar-refractivity contribution in [2.45, 2.75) is 44.9 Å². The first-order valence-electron chi connectivity index (χ1n) is 9.13. The van der Waals surface area contributed by atoms with Crippen LogP contribution in [-0.2, 0) is 10.0 Å². The molecule has 178 valence electrons. The fraction of sp³-hybridized carbons (Fsp3) is 0.400. The Kier molecular flexibility index (Phi) is 7.28. The van der Waals surface area contributed by atoms with Crippen molar-refractivity contribution in [2.24, 2.45) is 0 Å². The molecule has 0 aliphatic rings. The van der Waals surface area contributed by atoms with Crippen LogP contribution in [0, 0.1) is 27.7 Å². The third-order valence-electron chi connectivity index (χ3n) is 4.50. The van der Waals surface area contributed by atoms with Crippen LogP contribution in [0.1, 0.15) is 22.3 Å². The van der Waals surface area contributed by atoms with Crippen LogP contribution in [0.4, 0.5) is 32.0 Å². The van der Waals surface area contributed by atoms with Crippen molar-refractivity contribution in [1.82, 2.24) is 0 Å². The highest BCUT2D eigenvalue weighted by molar-refractivity contribution is 7.92. The van der Waals surface area contributed by atoms with Gasteiger partial charge in [-0.1, -0.05) is 6.07 Å². The number of aryl methyl sites for hydroxylation is 2. The number of ether oxygens (including phenoxy) is 2. The quantitative estimate of drug-likeness (QED) is 0.519. The van der Waals surface area contributed by atoms with Crippen molar-refractivity contribution in [2.75, 3.05) is 17.9 Å². The minimum absolute atomic E-state index is 0.0330. The zero-order valence-electron chi connectivity index (χ0n) is 17.5. The van der Waals surface area contributed by atoms with Gasteiger partial charge in [0.05, 0.1) is 10.6 Å². The summed E-state index contributed by atoms with van der Waals surface area (Å²) in [5, 5.41) is 0. The first-order valence-corrected chi connectivity index (χ1v) is 10.6. The number of hydrogen-bond donors (Lipinski definition) is 1. The lowest BCUT2D eigenvalue weighted by Gasteiger charge is -2.18. The van der Waals surface area contributed by atoms with E-state index in [9.17, 15) is 34.8 Å². The van der Waals surface area contributed by atoms with Crippen LogP contribution in [0.15, 0.2) is 29.2 Å². The maximum Gasteiger partial charge on any atom is 0.422 e. The molecule has 1 N–H and O–H groups in total. The topological polar surface area (TPSA) is 64.6 Å². The van der Waals surface area contributed by atoms with E-state index in [1.807, 2.05) is 0 Å². The minimum Gasteiger partial charge on any atom is -0.484 e. The van der Waals surface area contributed by atoms with Crippen LogP contribution >= 0.6 is 0 Å². The summed E-state index contributed by atoms with van der Waals surface area (Å²) in [7, 11) is -4.25. The summed E-state index contributed by atoms with van der Waals surface area (Å²) in [5.41, 5.74) is 1.99. The van der Waals surface area contributed by atoms with Crippen molar-refractivity contribution in [3.05, 3.63) is 46.5 Å². The predicted octanol–water partition coefficient (Wildman–Crippen LogP) is 5.60. The van der Waals surface area contributed by atoms with E-state index in [1.165, 1.54) is 0 Å². The molecule has 0 heterocycles. The maximum atomic E-state index is 13.1. The molecule has 0 saturated heterocycles. The van der Waals surface area contributed by atoms with Gasteiger partial charge in [0.1, 0.15) is 11.5 Å². The summed E-state index contributed by atoms with van der Waals surface area (Å²) in [6.45, 7) is 3.17. The molecule has 2 aromatic rings. The van der Waals surface area contributed by atoms with Gasteiger partial charge in [-0.2, -0.15) is 26.3 Å². The number of halogens is 6. The maximum absolute atomic E-state index is 13.1. The van der Waals surface area contributed by atoms with Crippen LogP contribution in [0.3, 0.4) is 0 Å². The smallest absolute Gasteiger partial charge is 0.422 e. The van der Waals surface area contributed by atoms with E-state index in [4.69, 9.17) is 0 Å². The second-order valence-electron chi connectivity index (χ2n) is 7.20. The fourth-order valence-electron chi connectivity index (χ4n) is 2.92. The fourth-order valence-corrected chi connectivity index (χ4v) is 4.58. The second-order valence-corrected chi connectivity index (χ2v) is 8.82. The molecule has 0 atom stereocenters. The lowest BCUT2D eigenvalue weighted by Crippen LogP contribution is -2.21. The molecule has 2 aromatic carbocycles. The number of sulfonamides is 1. The molecular weight excluding hydrogens is 464 g/mol. The Balaban J connectivity index is 2.47. The number of nitrogens with one attached hydrogen (secondary N) is 1. The third-order valence-corrected chi connectivity index (χ3v) is 6.16. The van der Waals surface area contributed by atoms with Gasteiger partial charge in [0.15, 0.2) is 13.2 Å². The van der Waals surface area contributed by atoms with Crippen LogP contribution in [-0.4, -0.2) is 34.0 Å². The van der Waals surface area contributed by atoms with Crippen molar-refractivity contribution >= 4 is 15.7 Å². The molecule has 32 heavy (non-hydrogen) atoms. The molecule has 12 heteroatoms. The van der Waals surface area contributed by atoms with E-state index in [0.29, 0.717) is 22.3 Å². The molecule has 0 aliphatic carbocycles. The zero-order valence-corrected chi connectivity index (χ0v) is 18.3. The van der Waals surface area contributed by atoms with Crippen molar-refractivity contribution < 1.29 is 44.2 Å². The van der Waals surface area contributed by atoms with E-state index in [1.54, 1.807) is 33.8 Å². The molecule has 0 amide bonds. The molecule has 0 fully saturated rings. The Morgan fingerprint density at radius 3 is 1.53 bits per heavy atom. The third kappa shape index (κ3) is 6.94. The first kappa shape index (κ1) is 25.6. The van der Waals surface area contributed by atoms with Gasteiger partial charge in [-0.3, -0.25) is 4.72 Å². The summed E-state index contributed by atoms with van der Waals surface area (Å²) >= 11 is 0. The Labute approximate surface area is 181 Å². The Morgan fingerprint density at radius 2 is 1.16 bits per heavy atom. The zero-order chi connectivity index (χ0) is 24.5. The summed E-state index contributed by atoms with van der Waals surface area (Å²) in [6.07, 6.45) is -9.42. The molecule has 2 rings (SSSR count). The molecule has 0 aliphatic heterocycles. The van der Waals surface area contributed by atoms with Gasteiger partial charge in [-0.05, 0) is 49.9 Å². The lowest BCUT2D eigenvalue weighted by molar-refractivity contribution is -0.153. The standard InChI is InChI=1S/C20H21F6NO4S/c1-11-5-12(2)14(4)18(13(11)3)32(28,29)27-15-6-16(30-9-19(21,22)23)8-17(7-15)31-10-20(24,25)26/h5-8,27H,9-10H2,1-4H3. The summed E-state index contributed by atoms with van der Waals surface area (Å²) < 4.78 is 112. The van der Waals surface area contributed by atoms with E-state index >= 15 is 0 Å². The molecule has 0 bridgehead atoms. The van der Waals surface area contributed by atoms with Gasteiger partial charge in [-0.25, -0.2) is 8.42 Å². The molecule has 0 radical (unpaired) electrons. The van der Waals surface area contributed by atoms with Gasteiger partial charge in [0, 0.05) is 18.2 Å². The van der Waals surface area contributed by atoms with Crippen LogP contribution in [0.25, 0.3) is 0 Å². The number of hydrogen-bond acceptors (Lipinski definition) is 4. The van der Waals surface area contributed by atoms with Crippen molar-refractivity contribution in [3.8, 4) is 11.5 Å². The van der Waals surface area contributed by atoms with E-state index in [0.717, 1.165) is 18.2 Å². The van der Waals surface area contributed by atoms with Crippen LogP contribution in [0.2, 0.25) is 0 Å². The largest absolute Gasteiger partial charge is 0.484 e. The van der Waals surface area contributed by atoms with Crippen molar-refractivity contribution in [3.63, 3.8) is 0 Å². The average Bonchev–Trinajstić information content (AvgIpc) is 2.61. The Bertz CT molecular complexity index is 1030. The van der Waals surface area contributed by atoms with Crippen molar-refractivity contribution in [1.29, 1.82) is 0 Å². The van der Waals surface area contributed by atoms with Crippen LogP contribution in [0.5, 0.6) is 11.5 Å². The SMILES string of the molecule is Cc1cc(C)c(C)c(S(=O)(=O)Nc2cc(OCC(F)(F)F)cc(OCC(F)(F)F)c2)c1C. The molecule has 0 unspecified atom stereocenters. The summed E-state index contributed by atoms with van der Waals surface area (Å²) in [5.74, 6) is -1.04. The number of alkyl halides is 6. The molecule has 0 spiro atoms. The van der Waals surface area contributed by atoms with E-state index in [-0.39, 0.29) is 10.6 Å². The lowest BCUT2D eigenvalue weighted by atomic mass is 10.0. The number of rotatable bonds is 7. The van der Waals surface area contributed by atoms with Gasteiger partial charge in [-0.15, -0.1) is 0 Å². The predicted molar refractivity (Wildman–Crippen MR) is 106 cm³/mol. The highest BCUT2D eigenvalue weighted by Gasteiger charge is 2.30. The minimum atomic E-state index is -4.71. The second kappa shape index (κ2) is 9.08. The Morgan fingerprint density at radius 1 is 0.750 bits per heavy atom. The van der Waals surface area contributed by atoms with Gasteiger partial charge in [0.2, 0.25) is 0 Å². The molecule has 0 aromatic heterocycles. The van der Waals surface area contributed by atoms with Gasteiger partial charge >= 0.3 is 12.4 Å². The van der Waals surface area contributed by atoms with Crippen LogP contribution < -0.4 is 14.2 Å². The van der Waals surface area contributed by atoms with E-state index < -0.39 is 47.1 Å². The summed E-state index contributed by atoms with van der Waals surface area (Å²) in [6, 6.07) is 4.47. The first-order chi connectivity index (χ1) is 14.5. The summed E-state index contributed by atoms with van der Waals surface area (Å²) in [4.78, 5) is -0.0330. The monoisotopic (exact) mass is 485 g/mol. The van der Waals surface area contributed by atoms with Gasteiger partial charge in [0.25, 0.3) is 10.0 Å². The molecule has 0 saturated carbocycles. The highest BCUT2D eigenvalue weighted by atomic mass is 32.2. The Hall–Kier alpha value is -2.63. The average molecular weight is 485 g/mol.